The number of hydrogen-bond acceptors (Lipinski definition) is 4. The highest BCUT2D eigenvalue weighted by Gasteiger charge is 2.61. The van der Waals surface area contributed by atoms with Gasteiger partial charge in [-0.25, -0.2) is 0 Å². The van der Waals surface area contributed by atoms with Crippen LogP contribution in [0.2, 0.25) is 0 Å². The lowest BCUT2D eigenvalue weighted by atomic mass is 10.0. The van der Waals surface area contributed by atoms with E-state index in [0.717, 1.165) is 27.9 Å². The van der Waals surface area contributed by atoms with Gasteiger partial charge in [0.05, 0.1) is 11.4 Å². The van der Waals surface area contributed by atoms with Crippen molar-refractivity contribution in [2.24, 2.45) is 0 Å². The van der Waals surface area contributed by atoms with Crippen molar-refractivity contribution in [1.29, 1.82) is 0 Å². The van der Waals surface area contributed by atoms with Crippen molar-refractivity contribution < 1.29 is 14.4 Å². The fourth-order valence-corrected chi connectivity index (χ4v) is 6.35. The molecule has 0 radical (unpaired) electrons. The van der Waals surface area contributed by atoms with Gasteiger partial charge in [0.15, 0.2) is 0 Å². The lowest BCUT2D eigenvalue weighted by Gasteiger charge is -2.33. The minimum Gasteiger partial charge on any atom is -0.324 e. The molecule has 2 heterocycles. The summed E-state index contributed by atoms with van der Waals surface area (Å²) >= 11 is 1.31. The number of carbonyl (C=O) groups is 3. The number of hydrogen-bond donors (Lipinski definition) is 1. The lowest BCUT2D eigenvalue weighted by Crippen LogP contribution is -2.50. The molecule has 0 bridgehead atoms. The third kappa shape index (κ3) is 3.39. The highest BCUT2D eigenvalue weighted by atomic mass is 32.2. The Balaban J connectivity index is 1.51. The van der Waals surface area contributed by atoms with Crippen LogP contribution in [0.1, 0.15) is 22.3 Å². The van der Waals surface area contributed by atoms with Gasteiger partial charge in [0.25, 0.3) is 5.91 Å². The van der Waals surface area contributed by atoms with E-state index < -0.39 is 4.87 Å². The molecule has 172 valence electrons. The number of amides is 3. The molecule has 1 fully saturated rings. The normalized spacial score (nSPS) is 19.1. The first-order chi connectivity index (χ1) is 16.3. The van der Waals surface area contributed by atoms with Crippen molar-refractivity contribution in [1.82, 2.24) is 0 Å². The molecule has 34 heavy (non-hydrogen) atoms. The van der Waals surface area contributed by atoms with Gasteiger partial charge in [-0.2, -0.15) is 0 Å². The molecule has 1 saturated heterocycles. The predicted octanol–water partition coefficient (Wildman–Crippen LogP) is 4.53. The molecule has 2 aliphatic rings. The molecule has 1 N–H and O–H groups in total. The van der Waals surface area contributed by atoms with Gasteiger partial charge >= 0.3 is 0 Å². The topological polar surface area (TPSA) is 69.7 Å². The number of anilines is 3. The summed E-state index contributed by atoms with van der Waals surface area (Å²) in [6.45, 7) is 5.80. The molecule has 0 aliphatic carbocycles. The predicted molar refractivity (Wildman–Crippen MR) is 136 cm³/mol. The Bertz CT molecular complexity index is 1300. The van der Waals surface area contributed by atoms with Crippen LogP contribution in [-0.2, 0) is 19.3 Å². The van der Waals surface area contributed by atoms with E-state index >= 15 is 0 Å². The number of fused-ring (bicyclic) bond motifs is 2. The standard InChI is InChI=1S/C27H25N3O3S/c1-17-13-18(2)25(19(3)14-17)28-23(31)15-29-22-12-8-7-11-21(22)27(26(29)33)30(24(32)16-34-27)20-9-5-4-6-10-20/h4-14H,15-16H2,1-3H3,(H,28,31)/t27-/m1/s1. The van der Waals surface area contributed by atoms with Crippen molar-refractivity contribution in [3.63, 3.8) is 0 Å². The van der Waals surface area contributed by atoms with Crippen molar-refractivity contribution in [2.45, 2.75) is 25.6 Å². The van der Waals surface area contributed by atoms with E-state index in [1.807, 2.05) is 87.5 Å². The highest BCUT2D eigenvalue weighted by molar-refractivity contribution is 8.02. The van der Waals surface area contributed by atoms with Gasteiger partial charge in [-0.15, -0.1) is 11.8 Å². The molecule has 1 atom stereocenters. The molecule has 0 aromatic heterocycles. The summed E-state index contributed by atoms with van der Waals surface area (Å²) in [5, 5.41) is 2.99. The monoisotopic (exact) mass is 471 g/mol. The minimum atomic E-state index is -1.22. The van der Waals surface area contributed by atoms with E-state index in [0.29, 0.717) is 11.4 Å². The third-order valence-electron chi connectivity index (χ3n) is 6.32. The van der Waals surface area contributed by atoms with Crippen LogP contribution in [0.15, 0.2) is 66.7 Å². The van der Waals surface area contributed by atoms with E-state index in [4.69, 9.17) is 0 Å². The Kier molecular flexibility index (Phi) is 5.44. The molecule has 7 heteroatoms. The Labute approximate surface area is 202 Å². The molecule has 3 aromatic carbocycles. The van der Waals surface area contributed by atoms with Crippen molar-refractivity contribution >= 4 is 46.5 Å². The first kappa shape index (κ1) is 22.2. The maximum Gasteiger partial charge on any atom is 0.269 e. The number of nitrogens with zero attached hydrogens (tertiary/aromatic N) is 2. The summed E-state index contributed by atoms with van der Waals surface area (Å²) < 4.78 is 0. The van der Waals surface area contributed by atoms with Crippen LogP contribution in [0, 0.1) is 20.8 Å². The van der Waals surface area contributed by atoms with Crippen LogP contribution in [0.4, 0.5) is 17.1 Å². The second-order valence-corrected chi connectivity index (χ2v) is 9.90. The fraction of sp³-hybridized carbons (Fsp3) is 0.222. The Morgan fingerprint density at radius 2 is 1.62 bits per heavy atom. The molecule has 0 unspecified atom stereocenters. The summed E-state index contributed by atoms with van der Waals surface area (Å²) in [7, 11) is 0. The average molecular weight is 472 g/mol. The molecule has 3 amide bonds. The van der Waals surface area contributed by atoms with Gasteiger partial charge < -0.3 is 5.32 Å². The Morgan fingerprint density at radius 1 is 0.971 bits per heavy atom. The third-order valence-corrected chi connectivity index (χ3v) is 7.71. The zero-order chi connectivity index (χ0) is 24.0. The highest BCUT2D eigenvalue weighted by Crippen LogP contribution is 2.55. The first-order valence-corrected chi connectivity index (χ1v) is 12.1. The Morgan fingerprint density at radius 3 is 2.32 bits per heavy atom. The molecule has 0 saturated carbocycles. The summed E-state index contributed by atoms with van der Waals surface area (Å²) in [6, 6.07) is 20.7. The number of aryl methyl sites for hydroxylation is 3. The number of thioether (sulfide) groups is 1. The first-order valence-electron chi connectivity index (χ1n) is 11.1. The molecular weight excluding hydrogens is 446 g/mol. The Hall–Kier alpha value is -3.58. The second-order valence-electron chi connectivity index (χ2n) is 8.73. The van der Waals surface area contributed by atoms with Crippen LogP contribution in [-0.4, -0.2) is 30.0 Å². The van der Waals surface area contributed by atoms with E-state index in [2.05, 4.69) is 5.32 Å². The molecule has 1 spiro atoms. The van der Waals surface area contributed by atoms with Crippen molar-refractivity contribution in [3.8, 4) is 0 Å². The van der Waals surface area contributed by atoms with Gasteiger partial charge in [0.1, 0.15) is 6.54 Å². The number of carbonyl (C=O) groups excluding carboxylic acids is 3. The summed E-state index contributed by atoms with van der Waals surface area (Å²) in [4.78, 5) is 42.0. The number of rotatable bonds is 4. The maximum atomic E-state index is 14.0. The van der Waals surface area contributed by atoms with Crippen LogP contribution >= 0.6 is 11.8 Å². The summed E-state index contributed by atoms with van der Waals surface area (Å²) in [6.07, 6.45) is 0. The molecule has 2 aliphatic heterocycles. The minimum absolute atomic E-state index is 0.128. The second kappa shape index (κ2) is 8.33. The quantitative estimate of drug-likeness (QED) is 0.607. The molecular formula is C27H25N3O3S. The van der Waals surface area contributed by atoms with Crippen LogP contribution in [0.25, 0.3) is 0 Å². The number of benzene rings is 3. The van der Waals surface area contributed by atoms with Gasteiger partial charge in [-0.3, -0.25) is 24.2 Å². The molecule has 5 rings (SSSR count). The van der Waals surface area contributed by atoms with Gasteiger partial charge in [0.2, 0.25) is 16.7 Å². The van der Waals surface area contributed by atoms with Crippen LogP contribution in [0.3, 0.4) is 0 Å². The van der Waals surface area contributed by atoms with E-state index in [9.17, 15) is 14.4 Å². The smallest absolute Gasteiger partial charge is 0.269 e. The number of para-hydroxylation sites is 2. The fourth-order valence-electron chi connectivity index (χ4n) is 4.99. The van der Waals surface area contributed by atoms with Gasteiger partial charge in [0, 0.05) is 16.9 Å². The lowest BCUT2D eigenvalue weighted by molar-refractivity contribution is -0.124. The zero-order valence-corrected chi connectivity index (χ0v) is 20.1. The van der Waals surface area contributed by atoms with E-state index in [1.165, 1.54) is 16.7 Å². The average Bonchev–Trinajstić information content (AvgIpc) is 3.28. The zero-order valence-electron chi connectivity index (χ0n) is 19.3. The van der Waals surface area contributed by atoms with E-state index in [-0.39, 0.29) is 30.0 Å². The summed E-state index contributed by atoms with van der Waals surface area (Å²) in [5.41, 5.74) is 5.89. The summed E-state index contributed by atoms with van der Waals surface area (Å²) in [5.74, 6) is -0.496. The van der Waals surface area contributed by atoms with Gasteiger partial charge in [-0.05, 0) is 50.1 Å². The largest absolute Gasteiger partial charge is 0.324 e. The van der Waals surface area contributed by atoms with Gasteiger partial charge in [-0.1, -0.05) is 54.1 Å². The molecule has 6 nitrogen and oxygen atoms in total. The van der Waals surface area contributed by atoms with Crippen LogP contribution < -0.4 is 15.1 Å². The van der Waals surface area contributed by atoms with Crippen LogP contribution in [0.5, 0.6) is 0 Å². The number of nitrogens with one attached hydrogen (secondary N) is 1. The van der Waals surface area contributed by atoms with Crippen molar-refractivity contribution in [3.05, 3.63) is 89.0 Å². The van der Waals surface area contributed by atoms with Crippen molar-refractivity contribution in [2.75, 3.05) is 27.4 Å². The molecule has 3 aromatic rings. The maximum absolute atomic E-state index is 14.0. The SMILES string of the molecule is Cc1cc(C)c(NC(=O)CN2C(=O)[C@]3(SCC(=O)N3c3ccccc3)c3ccccc32)c(C)c1. The van der Waals surface area contributed by atoms with E-state index in [1.54, 1.807) is 4.90 Å².